The molecule has 0 unspecified atom stereocenters. The average Bonchev–Trinajstić information content (AvgIpc) is 2.49. The Hall–Kier alpha value is -2.49. The lowest BCUT2D eigenvalue weighted by molar-refractivity contribution is -0.376. The molecule has 142 valence electrons. The van der Waals surface area contributed by atoms with Crippen molar-refractivity contribution in [3.8, 4) is 5.75 Å². The molecule has 2 aromatic rings. The van der Waals surface area contributed by atoms with E-state index in [1.54, 1.807) is 0 Å². The fraction of sp³-hybridized carbons (Fsp3) is 0.312. The third kappa shape index (κ3) is 3.16. The molecule has 0 bridgehead atoms. The molecule has 0 atom stereocenters. The van der Waals surface area contributed by atoms with Gasteiger partial charge in [0, 0.05) is 17.0 Å². The van der Waals surface area contributed by atoms with Crippen molar-refractivity contribution in [2.24, 2.45) is 0 Å². The topological polar surface area (TPSA) is 62.3 Å². The van der Waals surface area contributed by atoms with Gasteiger partial charge >= 0.3 is 12.4 Å². The number of aromatic nitrogens is 1. The van der Waals surface area contributed by atoms with Gasteiger partial charge in [-0.2, -0.15) is 26.3 Å². The predicted octanol–water partition coefficient (Wildman–Crippen LogP) is 3.71. The molecule has 0 aliphatic rings. The Balaban J connectivity index is 2.91. The van der Waals surface area contributed by atoms with Crippen molar-refractivity contribution in [2.45, 2.75) is 24.9 Å². The van der Waals surface area contributed by atoms with Gasteiger partial charge in [0.05, 0.1) is 5.52 Å². The Bertz CT molecular complexity index is 884. The van der Waals surface area contributed by atoms with Crippen LogP contribution in [0.5, 0.6) is 5.75 Å². The molecule has 0 spiro atoms. The summed E-state index contributed by atoms with van der Waals surface area (Å²) in [4.78, 5) is 13.9. The van der Waals surface area contributed by atoms with E-state index in [0.717, 1.165) is 6.07 Å². The van der Waals surface area contributed by atoms with Crippen molar-refractivity contribution in [3.05, 3.63) is 52.3 Å². The summed E-state index contributed by atoms with van der Waals surface area (Å²) < 4.78 is 84.0. The number of halogens is 6. The molecule has 0 fully saturated rings. The third-order valence-corrected chi connectivity index (χ3v) is 3.72. The van der Waals surface area contributed by atoms with Crippen LogP contribution in [0.1, 0.15) is 11.1 Å². The number of H-pyrrole nitrogens is 1. The summed E-state index contributed by atoms with van der Waals surface area (Å²) in [7, 11) is 0. The van der Waals surface area contributed by atoms with Crippen molar-refractivity contribution in [2.75, 3.05) is 6.61 Å². The standard InChI is InChI=1S/C16H13F6NO3/c1-3-4-26-11-7-9(14(25,15(17,18)19)16(20,21)22)6-10-8(2)5-12(24)23-13(10)11/h3,5-7,25H,1,4H2,2H3,(H,23,24). The average molecular weight is 381 g/mol. The SMILES string of the molecule is C=CCOc1cc(C(O)(C(F)(F)F)C(F)(F)F)cc2c(C)cc(=O)[nH]c12. The Morgan fingerprint density at radius 2 is 1.73 bits per heavy atom. The Morgan fingerprint density at radius 3 is 2.23 bits per heavy atom. The smallest absolute Gasteiger partial charge is 0.430 e. The second-order valence-corrected chi connectivity index (χ2v) is 5.52. The molecule has 0 radical (unpaired) electrons. The number of aryl methyl sites for hydroxylation is 1. The van der Waals surface area contributed by atoms with Crippen LogP contribution in [0.25, 0.3) is 10.9 Å². The van der Waals surface area contributed by atoms with Crippen LogP contribution in [0.3, 0.4) is 0 Å². The fourth-order valence-corrected chi connectivity index (χ4v) is 2.45. The quantitative estimate of drug-likeness (QED) is 0.627. The maximum absolute atomic E-state index is 13.1. The van der Waals surface area contributed by atoms with Crippen LogP contribution in [-0.4, -0.2) is 29.0 Å². The van der Waals surface area contributed by atoms with Gasteiger partial charge in [0.25, 0.3) is 5.60 Å². The first kappa shape index (κ1) is 19.8. The van der Waals surface area contributed by atoms with E-state index in [0.29, 0.717) is 12.1 Å². The molecular formula is C16H13F6NO3. The second kappa shape index (κ2) is 6.35. The maximum atomic E-state index is 13.1. The lowest BCUT2D eigenvalue weighted by Gasteiger charge is -2.33. The Kier molecular flexibility index (Phi) is 4.84. The van der Waals surface area contributed by atoms with Gasteiger partial charge in [-0.1, -0.05) is 12.7 Å². The number of hydrogen-bond donors (Lipinski definition) is 2. The van der Waals surface area contributed by atoms with Crippen LogP contribution in [0, 0.1) is 6.92 Å². The van der Waals surface area contributed by atoms with Crippen LogP contribution < -0.4 is 10.3 Å². The van der Waals surface area contributed by atoms with E-state index >= 15 is 0 Å². The molecule has 0 saturated heterocycles. The van der Waals surface area contributed by atoms with E-state index in [9.17, 15) is 36.2 Å². The van der Waals surface area contributed by atoms with E-state index in [1.807, 2.05) is 0 Å². The second-order valence-electron chi connectivity index (χ2n) is 5.52. The molecule has 1 aromatic heterocycles. The van der Waals surface area contributed by atoms with Gasteiger partial charge < -0.3 is 14.8 Å². The third-order valence-electron chi connectivity index (χ3n) is 3.72. The zero-order valence-corrected chi connectivity index (χ0v) is 13.3. The van der Waals surface area contributed by atoms with Gasteiger partial charge in [0.15, 0.2) is 0 Å². The summed E-state index contributed by atoms with van der Waals surface area (Å²) in [6, 6.07) is 1.94. The molecule has 2 rings (SSSR count). The van der Waals surface area contributed by atoms with Crippen LogP contribution in [-0.2, 0) is 5.60 Å². The molecule has 4 nitrogen and oxygen atoms in total. The van der Waals surface area contributed by atoms with Crippen LogP contribution in [0.15, 0.2) is 35.6 Å². The van der Waals surface area contributed by atoms with Crippen molar-refractivity contribution >= 4 is 10.9 Å². The van der Waals surface area contributed by atoms with Gasteiger partial charge in [-0.25, -0.2) is 0 Å². The van der Waals surface area contributed by atoms with Gasteiger partial charge in [0.1, 0.15) is 12.4 Å². The molecule has 26 heavy (non-hydrogen) atoms. The highest BCUT2D eigenvalue weighted by molar-refractivity contribution is 5.88. The lowest BCUT2D eigenvalue weighted by Crippen LogP contribution is -2.53. The normalized spacial score (nSPS) is 13.1. The van der Waals surface area contributed by atoms with E-state index in [2.05, 4.69) is 11.6 Å². The number of hydrogen-bond acceptors (Lipinski definition) is 3. The van der Waals surface area contributed by atoms with Gasteiger partial charge in [-0.15, -0.1) is 0 Å². The zero-order chi connectivity index (χ0) is 19.9. The number of aliphatic hydroxyl groups is 1. The maximum Gasteiger partial charge on any atom is 0.430 e. The number of aromatic amines is 1. The number of ether oxygens (including phenoxy) is 1. The molecular weight excluding hydrogens is 368 g/mol. The molecule has 10 heteroatoms. The first-order valence-corrected chi connectivity index (χ1v) is 7.10. The summed E-state index contributed by atoms with van der Waals surface area (Å²) in [6.07, 6.45) is -10.9. The van der Waals surface area contributed by atoms with Gasteiger partial charge in [-0.3, -0.25) is 4.79 Å². The molecule has 0 saturated carbocycles. The van der Waals surface area contributed by atoms with Crippen molar-refractivity contribution in [1.82, 2.24) is 4.98 Å². The molecule has 0 aliphatic heterocycles. The van der Waals surface area contributed by atoms with E-state index in [1.165, 1.54) is 13.0 Å². The van der Waals surface area contributed by atoms with Gasteiger partial charge in [-0.05, 0) is 24.6 Å². The van der Waals surface area contributed by atoms with Crippen LogP contribution in [0.4, 0.5) is 26.3 Å². The number of fused-ring (bicyclic) bond motifs is 1. The highest BCUT2D eigenvalue weighted by Crippen LogP contribution is 2.51. The van der Waals surface area contributed by atoms with Crippen LogP contribution in [0.2, 0.25) is 0 Å². The minimum absolute atomic E-state index is 0.0905. The Labute approximate surface area is 142 Å². The molecule has 1 heterocycles. The van der Waals surface area contributed by atoms with Crippen molar-refractivity contribution in [1.29, 1.82) is 0 Å². The zero-order valence-electron chi connectivity index (χ0n) is 13.3. The first-order chi connectivity index (χ1) is 11.8. The van der Waals surface area contributed by atoms with E-state index in [-0.39, 0.29) is 23.1 Å². The van der Waals surface area contributed by atoms with Crippen molar-refractivity contribution < 1.29 is 36.2 Å². The number of alkyl halides is 6. The largest absolute Gasteiger partial charge is 0.487 e. The van der Waals surface area contributed by atoms with Gasteiger partial charge in [0.2, 0.25) is 5.56 Å². The summed E-state index contributed by atoms with van der Waals surface area (Å²) in [6.45, 7) is 4.42. The molecule has 2 N–H and O–H groups in total. The van der Waals surface area contributed by atoms with E-state index < -0.39 is 34.8 Å². The molecule has 0 aliphatic carbocycles. The molecule has 1 aromatic carbocycles. The highest BCUT2D eigenvalue weighted by atomic mass is 19.4. The summed E-state index contributed by atoms with van der Waals surface area (Å²) >= 11 is 0. The minimum atomic E-state index is -6.04. The predicted molar refractivity (Wildman–Crippen MR) is 81.0 cm³/mol. The minimum Gasteiger partial charge on any atom is -0.487 e. The van der Waals surface area contributed by atoms with Crippen LogP contribution >= 0.6 is 0 Å². The lowest BCUT2D eigenvalue weighted by atomic mass is 9.90. The Morgan fingerprint density at radius 1 is 1.15 bits per heavy atom. The monoisotopic (exact) mass is 381 g/mol. The van der Waals surface area contributed by atoms with Crippen molar-refractivity contribution in [3.63, 3.8) is 0 Å². The highest BCUT2D eigenvalue weighted by Gasteiger charge is 2.71. The molecule has 0 amide bonds. The summed E-state index contributed by atoms with van der Waals surface area (Å²) in [5.41, 5.74) is -7.18. The van der Waals surface area contributed by atoms with E-state index in [4.69, 9.17) is 4.74 Å². The number of nitrogens with one attached hydrogen (secondary N) is 1. The number of benzene rings is 1. The number of rotatable bonds is 4. The first-order valence-electron chi connectivity index (χ1n) is 7.10. The summed E-state index contributed by atoms with van der Waals surface area (Å²) in [5, 5.41) is 9.48. The summed E-state index contributed by atoms with van der Waals surface area (Å²) in [5.74, 6) is -0.454. The number of pyridine rings is 1. The fourth-order valence-electron chi connectivity index (χ4n) is 2.45.